The minimum atomic E-state index is -3.88. The van der Waals surface area contributed by atoms with E-state index in [4.69, 9.17) is 0 Å². The van der Waals surface area contributed by atoms with Crippen molar-refractivity contribution in [2.45, 2.75) is 18.7 Å². The Bertz CT molecular complexity index is 1180. The fourth-order valence-electron chi connectivity index (χ4n) is 3.46. The average Bonchev–Trinajstić information content (AvgIpc) is 2.75. The smallest absolute Gasteiger partial charge is 0.246 e. The minimum absolute atomic E-state index is 0.231. The maximum atomic E-state index is 14.0. The van der Waals surface area contributed by atoms with Crippen molar-refractivity contribution >= 4 is 27.5 Å². The highest BCUT2D eigenvalue weighted by atomic mass is 32.2. The van der Waals surface area contributed by atoms with Crippen LogP contribution in [0.15, 0.2) is 59.5 Å². The van der Waals surface area contributed by atoms with Crippen LogP contribution in [0.3, 0.4) is 0 Å². The summed E-state index contributed by atoms with van der Waals surface area (Å²) in [4.78, 5) is 10.8. The maximum absolute atomic E-state index is 14.0. The molecule has 31 heavy (non-hydrogen) atoms. The van der Waals surface area contributed by atoms with E-state index in [-0.39, 0.29) is 18.0 Å². The van der Waals surface area contributed by atoms with Crippen LogP contribution < -0.4 is 10.2 Å². The van der Waals surface area contributed by atoms with Gasteiger partial charge in [0.1, 0.15) is 16.5 Å². The molecule has 1 saturated heterocycles. The molecule has 1 aromatic heterocycles. The lowest BCUT2D eigenvalue weighted by atomic mass is 10.2. The van der Waals surface area contributed by atoms with E-state index in [2.05, 4.69) is 15.3 Å². The maximum Gasteiger partial charge on any atom is 0.246 e. The number of anilines is 3. The Morgan fingerprint density at radius 3 is 2.29 bits per heavy atom. The molecule has 1 aliphatic heterocycles. The SMILES string of the molecule is Cc1ccc(Nc2cc(C)nc(N3CCN(S(=O)(=O)c4ccccc4F)CC3)n2)cc1. The number of aromatic nitrogens is 2. The number of hydrogen-bond donors (Lipinski definition) is 1. The first-order valence-corrected chi connectivity index (χ1v) is 11.5. The Hall–Kier alpha value is -3.04. The van der Waals surface area contributed by atoms with E-state index in [9.17, 15) is 12.8 Å². The monoisotopic (exact) mass is 441 g/mol. The number of aryl methyl sites for hydroxylation is 2. The van der Waals surface area contributed by atoms with Gasteiger partial charge >= 0.3 is 0 Å². The lowest BCUT2D eigenvalue weighted by Crippen LogP contribution is -2.49. The first kappa shape index (κ1) is 21.2. The second kappa shape index (κ2) is 8.60. The van der Waals surface area contributed by atoms with Crippen molar-refractivity contribution < 1.29 is 12.8 Å². The highest BCUT2D eigenvalue weighted by Gasteiger charge is 2.31. The molecule has 0 amide bonds. The van der Waals surface area contributed by atoms with E-state index in [0.717, 1.165) is 17.4 Å². The van der Waals surface area contributed by atoms with Crippen molar-refractivity contribution in [3.05, 3.63) is 71.7 Å². The van der Waals surface area contributed by atoms with Crippen molar-refractivity contribution in [2.24, 2.45) is 0 Å². The zero-order chi connectivity index (χ0) is 22.0. The van der Waals surface area contributed by atoms with Crippen LogP contribution in [0.2, 0.25) is 0 Å². The summed E-state index contributed by atoms with van der Waals surface area (Å²) in [7, 11) is -3.88. The summed E-state index contributed by atoms with van der Waals surface area (Å²) in [5.41, 5.74) is 2.91. The van der Waals surface area contributed by atoms with Crippen LogP contribution in [-0.4, -0.2) is 48.9 Å². The van der Waals surface area contributed by atoms with Gasteiger partial charge in [-0.15, -0.1) is 0 Å². The summed E-state index contributed by atoms with van der Waals surface area (Å²) in [5.74, 6) is 0.476. The van der Waals surface area contributed by atoms with Gasteiger partial charge < -0.3 is 10.2 Å². The van der Waals surface area contributed by atoms with Crippen molar-refractivity contribution in [3.63, 3.8) is 0 Å². The predicted octanol–water partition coefficient (Wildman–Crippen LogP) is 3.49. The molecule has 9 heteroatoms. The van der Waals surface area contributed by atoms with E-state index in [1.807, 2.05) is 49.1 Å². The lowest BCUT2D eigenvalue weighted by molar-refractivity contribution is 0.380. The molecule has 3 aromatic rings. The molecule has 2 heterocycles. The molecule has 0 radical (unpaired) electrons. The molecule has 0 atom stereocenters. The van der Waals surface area contributed by atoms with Crippen LogP contribution in [0, 0.1) is 19.7 Å². The Labute approximate surface area is 181 Å². The molecule has 1 fully saturated rings. The van der Waals surface area contributed by atoms with Gasteiger partial charge in [0.15, 0.2) is 0 Å². The Morgan fingerprint density at radius 2 is 1.61 bits per heavy atom. The number of nitrogens with zero attached hydrogens (tertiary/aromatic N) is 4. The molecule has 1 aliphatic rings. The van der Waals surface area contributed by atoms with Gasteiger partial charge in [0.25, 0.3) is 0 Å². The van der Waals surface area contributed by atoms with Gasteiger partial charge in [0, 0.05) is 43.6 Å². The summed E-state index contributed by atoms with van der Waals surface area (Å²) in [6.07, 6.45) is 0. The van der Waals surface area contributed by atoms with Crippen molar-refractivity contribution in [3.8, 4) is 0 Å². The molecular weight excluding hydrogens is 417 g/mol. The normalized spacial score (nSPS) is 15.1. The fraction of sp³-hybridized carbons (Fsp3) is 0.273. The third-order valence-corrected chi connectivity index (χ3v) is 7.07. The summed E-state index contributed by atoms with van der Waals surface area (Å²) in [6, 6.07) is 15.3. The standard InChI is InChI=1S/C22H24FN5O2S/c1-16-7-9-18(10-8-16)25-21-15-17(2)24-22(26-21)27-11-13-28(14-12-27)31(29,30)20-6-4-3-5-19(20)23/h3-10,15H,11-14H2,1-2H3,(H,24,25,26). The highest BCUT2D eigenvalue weighted by molar-refractivity contribution is 7.89. The molecule has 1 N–H and O–H groups in total. The van der Waals surface area contributed by atoms with Crippen LogP contribution in [0.5, 0.6) is 0 Å². The first-order valence-electron chi connectivity index (χ1n) is 10.0. The lowest BCUT2D eigenvalue weighted by Gasteiger charge is -2.34. The first-order chi connectivity index (χ1) is 14.8. The number of halogens is 1. The quantitative estimate of drug-likeness (QED) is 0.653. The van der Waals surface area contributed by atoms with Crippen LogP contribution in [0.25, 0.3) is 0 Å². The van der Waals surface area contributed by atoms with Gasteiger partial charge in [-0.2, -0.15) is 9.29 Å². The van der Waals surface area contributed by atoms with Crippen LogP contribution >= 0.6 is 0 Å². The molecule has 2 aromatic carbocycles. The van der Waals surface area contributed by atoms with Crippen LogP contribution in [0.1, 0.15) is 11.3 Å². The number of sulfonamides is 1. The number of nitrogens with one attached hydrogen (secondary N) is 1. The van der Waals surface area contributed by atoms with Crippen molar-refractivity contribution in [2.75, 3.05) is 36.4 Å². The van der Waals surface area contributed by atoms with Gasteiger partial charge in [-0.05, 0) is 38.1 Å². The molecule has 0 aliphatic carbocycles. The Kier molecular flexibility index (Phi) is 5.88. The van der Waals surface area contributed by atoms with E-state index in [1.165, 1.54) is 28.1 Å². The predicted molar refractivity (Wildman–Crippen MR) is 119 cm³/mol. The van der Waals surface area contributed by atoms with Crippen LogP contribution in [0.4, 0.5) is 21.8 Å². The second-order valence-corrected chi connectivity index (χ2v) is 9.41. The summed E-state index contributed by atoms with van der Waals surface area (Å²) in [6.45, 7) is 5.22. The fourth-order valence-corrected chi connectivity index (χ4v) is 4.95. The second-order valence-electron chi connectivity index (χ2n) is 7.51. The van der Waals surface area contributed by atoms with E-state index in [1.54, 1.807) is 0 Å². The number of hydrogen-bond acceptors (Lipinski definition) is 6. The number of benzene rings is 2. The van der Waals surface area contributed by atoms with Gasteiger partial charge in [-0.1, -0.05) is 29.8 Å². The van der Waals surface area contributed by atoms with E-state index < -0.39 is 15.8 Å². The summed E-state index contributed by atoms with van der Waals surface area (Å²) in [5, 5.41) is 3.29. The van der Waals surface area contributed by atoms with Crippen molar-refractivity contribution in [1.82, 2.24) is 14.3 Å². The van der Waals surface area contributed by atoms with E-state index in [0.29, 0.717) is 24.9 Å². The molecule has 162 valence electrons. The Morgan fingerprint density at radius 1 is 0.935 bits per heavy atom. The topological polar surface area (TPSA) is 78.4 Å². The van der Waals surface area contributed by atoms with Gasteiger partial charge in [-0.25, -0.2) is 17.8 Å². The molecule has 4 rings (SSSR count). The number of rotatable bonds is 5. The third-order valence-electron chi connectivity index (χ3n) is 5.14. The molecule has 7 nitrogen and oxygen atoms in total. The van der Waals surface area contributed by atoms with Gasteiger partial charge in [0.2, 0.25) is 16.0 Å². The average molecular weight is 442 g/mol. The summed E-state index contributed by atoms with van der Waals surface area (Å²) >= 11 is 0. The van der Waals surface area contributed by atoms with E-state index >= 15 is 0 Å². The van der Waals surface area contributed by atoms with Crippen molar-refractivity contribution in [1.29, 1.82) is 0 Å². The zero-order valence-corrected chi connectivity index (χ0v) is 18.2. The minimum Gasteiger partial charge on any atom is -0.340 e. The third kappa shape index (κ3) is 4.67. The largest absolute Gasteiger partial charge is 0.340 e. The highest BCUT2D eigenvalue weighted by Crippen LogP contribution is 2.23. The van der Waals surface area contributed by atoms with Crippen LogP contribution in [-0.2, 0) is 10.0 Å². The molecule has 0 saturated carbocycles. The molecule has 0 bridgehead atoms. The van der Waals surface area contributed by atoms with Gasteiger partial charge in [0.05, 0.1) is 0 Å². The Balaban J connectivity index is 1.48. The molecular formula is C22H24FN5O2S. The summed E-state index contributed by atoms with van der Waals surface area (Å²) < 4.78 is 41.0. The zero-order valence-electron chi connectivity index (χ0n) is 17.4. The van der Waals surface area contributed by atoms with Gasteiger partial charge in [-0.3, -0.25) is 0 Å². The molecule has 0 spiro atoms. The number of piperazine rings is 1. The molecule has 0 unspecified atom stereocenters.